The third-order valence-corrected chi connectivity index (χ3v) is 3.34. The second kappa shape index (κ2) is 9.08. The number of nitrogens with zero attached hydrogens (tertiary/aromatic N) is 2. The molecule has 0 aliphatic heterocycles. The summed E-state index contributed by atoms with van der Waals surface area (Å²) < 4.78 is 10.8. The van der Waals surface area contributed by atoms with Crippen LogP contribution in [0.5, 0.6) is 17.2 Å². The molecule has 2 aromatic rings. The van der Waals surface area contributed by atoms with Crippen molar-refractivity contribution >= 4 is 12.1 Å². The van der Waals surface area contributed by atoms with E-state index in [4.69, 9.17) is 14.7 Å². The van der Waals surface area contributed by atoms with Crippen molar-refractivity contribution in [2.24, 2.45) is 5.10 Å². The second-order valence-electron chi connectivity index (χ2n) is 5.29. The van der Waals surface area contributed by atoms with Crippen LogP contribution in [0, 0.1) is 11.3 Å². The molecule has 2 aromatic carbocycles. The Bertz CT molecular complexity index is 826. The molecule has 1 atom stereocenters. The van der Waals surface area contributed by atoms with E-state index in [9.17, 15) is 9.90 Å². The first-order valence-corrected chi connectivity index (χ1v) is 7.99. The summed E-state index contributed by atoms with van der Waals surface area (Å²) in [5.74, 6) is 0.447. The van der Waals surface area contributed by atoms with Gasteiger partial charge in [-0.15, -0.1) is 0 Å². The number of rotatable bonds is 7. The lowest BCUT2D eigenvalue weighted by Crippen LogP contribution is -2.33. The number of hydrazone groups is 1. The van der Waals surface area contributed by atoms with E-state index in [0.29, 0.717) is 29.2 Å². The lowest BCUT2D eigenvalue weighted by Gasteiger charge is -2.12. The number of carbonyl (C=O) groups excluding carboxylic acids is 1. The van der Waals surface area contributed by atoms with E-state index in [2.05, 4.69) is 10.5 Å². The van der Waals surface area contributed by atoms with Crippen LogP contribution in [0.1, 0.15) is 25.0 Å². The van der Waals surface area contributed by atoms with Gasteiger partial charge in [0.15, 0.2) is 17.6 Å². The normalized spacial score (nSPS) is 11.6. The minimum atomic E-state index is -0.765. The van der Waals surface area contributed by atoms with Gasteiger partial charge in [-0.1, -0.05) is 0 Å². The molecule has 0 saturated heterocycles. The number of phenols is 1. The van der Waals surface area contributed by atoms with Crippen LogP contribution < -0.4 is 14.9 Å². The van der Waals surface area contributed by atoms with Crippen molar-refractivity contribution in [3.8, 4) is 23.3 Å². The molecule has 26 heavy (non-hydrogen) atoms. The van der Waals surface area contributed by atoms with Crippen molar-refractivity contribution in [2.75, 3.05) is 6.61 Å². The van der Waals surface area contributed by atoms with Crippen molar-refractivity contribution in [1.82, 2.24) is 5.43 Å². The van der Waals surface area contributed by atoms with Gasteiger partial charge in [0.2, 0.25) is 0 Å². The van der Waals surface area contributed by atoms with Gasteiger partial charge in [-0.3, -0.25) is 4.79 Å². The van der Waals surface area contributed by atoms with E-state index in [0.717, 1.165) is 0 Å². The molecule has 0 aliphatic rings. The predicted octanol–water partition coefficient (Wildman–Crippen LogP) is 2.58. The molecule has 0 heterocycles. The Kier molecular flexibility index (Phi) is 6.57. The Morgan fingerprint density at radius 3 is 2.73 bits per heavy atom. The van der Waals surface area contributed by atoms with Crippen LogP contribution in [-0.4, -0.2) is 29.9 Å². The maximum Gasteiger partial charge on any atom is 0.280 e. The molecule has 0 saturated carbocycles. The highest BCUT2D eigenvalue weighted by Gasteiger charge is 2.13. The summed E-state index contributed by atoms with van der Waals surface area (Å²) in [4.78, 5) is 12.0. The van der Waals surface area contributed by atoms with Crippen molar-refractivity contribution < 1.29 is 19.4 Å². The highest BCUT2D eigenvalue weighted by molar-refractivity contribution is 5.84. The molecule has 0 aliphatic carbocycles. The smallest absolute Gasteiger partial charge is 0.280 e. The summed E-state index contributed by atoms with van der Waals surface area (Å²) in [7, 11) is 0. The molecule has 1 amide bonds. The van der Waals surface area contributed by atoms with Crippen LogP contribution in [-0.2, 0) is 4.79 Å². The number of ether oxygens (including phenoxy) is 2. The molecular formula is C19H19N3O4. The summed E-state index contributed by atoms with van der Waals surface area (Å²) in [6.45, 7) is 3.83. The number of hydrogen-bond acceptors (Lipinski definition) is 6. The van der Waals surface area contributed by atoms with Crippen LogP contribution >= 0.6 is 0 Å². The zero-order valence-electron chi connectivity index (χ0n) is 14.5. The van der Waals surface area contributed by atoms with Crippen molar-refractivity contribution in [3.63, 3.8) is 0 Å². The third-order valence-electron chi connectivity index (χ3n) is 3.34. The van der Waals surface area contributed by atoms with Gasteiger partial charge in [0.1, 0.15) is 5.75 Å². The van der Waals surface area contributed by atoms with Gasteiger partial charge >= 0.3 is 0 Å². The monoisotopic (exact) mass is 353 g/mol. The molecule has 0 fully saturated rings. The molecular weight excluding hydrogens is 334 g/mol. The number of benzene rings is 2. The quantitative estimate of drug-likeness (QED) is 0.588. The van der Waals surface area contributed by atoms with Gasteiger partial charge < -0.3 is 14.6 Å². The minimum absolute atomic E-state index is 0.0393. The number of carbonyl (C=O) groups is 1. The lowest BCUT2D eigenvalue weighted by molar-refractivity contribution is -0.127. The van der Waals surface area contributed by atoms with Crippen LogP contribution in [0.3, 0.4) is 0 Å². The summed E-state index contributed by atoms with van der Waals surface area (Å²) >= 11 is 0. The molecule has 0 bridgehead atoms. The fraction of sp³-hybridized carbons (Fsp3) is 0.211. The van der Waals surface area contributed by atoms with Gasteiger partial charge in [-0.25, -0.2) is 5.43 Å². The van der Waals surface area contributed by atoms with E-state index >= 15 is 0 Å². The Hall–Kier alpha value is -3.53. The fourth-order valence-corrected chi connectivity index (χ4v) is 2.01. The van der Waals surface area contributed by atoms with Gasteiger partial charge in [-0.2, -0.15) is 10.4 Å². The number of hydrogen-bond donors (Lipinski definition) is 2. The number of nitrogens with one attached hydrogen (secondary N) is 1. The molecule has 134 valence electrons. The zero-order valence-corrected chi connectivity index (χ0v) is 14.5. The topological polar surface area (TPSA) is 104 Å². The van der Waals surface area contributed by atoms with Gasteiger partial charge in [0, 0.05) is 0 Å². The zero-order chi connectivity index (χ0) is 18.9. The van der Waals surface area contributed by atoms with Crippen LogP contribution in [0.2, 0.25) is 0 Å². The van der Waals surface area contributed by atoms with Gasteiger partial charge in [0.05, 0.1) is 24.5 Å². The van der Waals surface area contributed by atoms with E-state index in [1.54, 1.807) is 43.3 Å². The average Bonchev–Trinajstić information content (AvgIpc) is 2.65. The van der Waals surface area contributed by atoms with Crippen LogP contribution in [0.4, 0.5) is 0 Å². The molecule has 7 heteroatoms. The third kappa shape index (κ3) is 5.24. The van der Waals surface area contributed by atoms with E-state index in [-0.39, 0.29) is 5.75 Å². The van der Waals surface area contributed by atoms with Crippen molar-refractivity contribution in [2.45, 2.75) is 20.0 Å². The summed E-state index contributed by atoms with van der Waals surface area (Å²) in [5, 5.41) is 22.3. The predicted molar refractivity (Wildman–Crippen MR) is 96.3 cm³/mol. The van der Waals surface area contributed by atoms with Crippen LogP contribution in [0.25, 0.3) is 0 Å². The molecule has 7 nitrogen and oxygen atoms in total. The molecule has 2 N–H and O–H groups in total. The number of nitriles is 1. The molecule has 0 spiro atoms. The van der Waals surface area contributed by atoms with Crippen molar-refractivity contribution in [1.29, 1.82) is 5.26 Å². The van der Waals surface area contributed by atoms with Gasteiger partial charge in [-0.05, 0) is 61.9 Å². The molecule has 0 radical (unpaired) electrons. The maximum absolute atomic E-state index is 12.0. The largest absolute Gasteiger partial charge is 0.504 e. The highest BCUT2D eigenvalue weighted by atomic mass is 16.5. The molecule has 0 aromatic heterocycles. The molecule has 2 rings (SSSR count). The van der Waals surface area contributed by atoms with Crippen molar-refractivity contribution in [3.05, 3.63) is 53.6 Å². The number of phenolic OH excluding ortho intramolecular Hbond substituents is 1. The first kappa shape index (κ1) is 18.8. The Morgan fingerprint density at radius 1 is 1.35 bits per heavy atom. The highest BCUT2D eigenvalue weighted by Crippen LogP contribution is 2.26. The number of aromatic hydroxyl groups is 1. The maximum atomic E-state index is 12.0. The fourth-order valence-electron chi connectivity index (χ4n) is 2.01. The summed E-state index contributed by atoms with van der Waals surface area (Å²) in [6, 6.07) is 13.2. The number of amides is 1. The lowest BCUT2D eigenvalue weighted by atomic mass is 10.2. The second-order valence-corrected chi connectivity index (χ2v) is 5.29. The Morgan fingerprint density at radius 2 is 2.08 bits per heavy atom. The van der Waals surface area contributed by atoms with Crippen LogP contribution in [0.15, 0.2) is 47.6 Å². The van der Waals surface area contributed by atoms with Gasteiger partial charge in [0.25, 0.3) is 5.91 Å². The SMILES string of the molecule is CCOc1cc(C=NNC(=O)C(C)Oc2ccc(C#N)cc2)ccc1O. The van der Waals surface area contributed by atoms with E-state index < -0.39 is 12.0 Å². The first-order chi connectivity index (χ1) is 12.5. The molecule has 1 unspecified atom stereocenters. The Balaban J connectivity index is 1.91. The Labute approximate surface area is 151 Å². The average molecular weight is 353 g/mol. The van der Waals surface area contributed by atoms with E-state index in [1.165, 1.54) is 12.3 Å². The summed E-state index contributed by atoms with van der Waals surface area (Å²) in [5.41, 5.74) is 3.56. The minimum Gasteiger partial charge on any atom is -0.504 e. The first-order valence-electron chi connectivity index (χ1n) is 7.99. The van der Waals surface area contributed by atoms with E-state index in [1.807, 2.05) is 13.0 Å². The standard InChI is InChI=1S/C19H19N3O4/c1-3-25-18-10-15(6-9-17(18)23)12-21-22-19(24)13(2)26-16-7-4-14(11-20)5-8-16/h4-10,12-13,23H,3H2,1-2H3,(H,22,24). The summed E-state index contributed by atoms with van der Waals surface area (Å²) in [6.07, 6.45) is 0.674.